The number of aromatic nitrogens is 1. The molecule has 0 saturated heterocycles. The zero-order valence-corrected chi connectivity index (χ0v) is 23.7. The number of nitrogens with one attached hydrogen (secondary N) is 1. The van der Waals surface area contributed by atoms with Crippen molar-refractivity contribution in [3.05, 3.63) is 95.7 Å². The predicted octanol–water partition coefficient (Wildman–Crippen LogP) is 8.40. The van der Waals surface area contributed by atoms with Crippen molar-refractivity contribution in [3.8, 4) is 21.6 Å². The van der Waals surface area contributed by atoms with Crippen molar-refractivity contribution >= 4 is 29.3 Å². The van der Waals surface area contributed by atoms with Crippen LogP contribution in [0.2, 0.25) is 0 Å². The molecule has 1 N–H and O–H groups in total. The molecule has 2 unspecified atom stereocenters. The molecule has 4 rings (SSSR count). The van der Waals surface area contributed by atoms with E-state index >= 15 is 0 Å². The number of hydrogen-bond acceptors (Lipinski definition) is 6. The smallest absolute Gasteiger partial charge is 0.412 e. The lowest BCUT2D eigenvalue weighted by Crippen LogP contribution is -2.20. The first-order valence-corrected chi connectivity index (χ1v) is 13.9. The number of hydrogen-bond donors (Lipinski definition) is 1. The number of carbonyl (C=O) groups is 2. The SMILES string of the molecule is CCOC(=O)C(c1ccc(-c2ccc(-c3snc(C)c3NC(=O)OC(C)c3ccccc3)cc2)cc1)C(C)C. The Hall–Kier alpha value is -3.97. The molecule has 1 aromatic heterocycles. The fourth-order valence-corrected chi connectivity index (χ4v) is 5.37. The van der Waals surface area contributed by atoms with Crippen LogP contribution in [0.1, 0.15) is 56.5 Å². The zero-order valence-electron chi connectivity index (χ0n) is 22.9. The Morgan fingerprint density at radius 1 is 0.846 bits per heavy atom. The van der Waals surface area contributed by atoms with Gasteiger partial charge in [-0.2, -0.15) is 4.37 Å². The Balaban J connectivity index is 1.48. The molecule has 0 aliphatic heterocycles. The predicted molar refractivity (Wildman–Crippen MR) is 157 cm³/mol. The Morgan fingerprint density at radius 2 is 1.44 bits per heavy atom. The molecule has 4 aromatic rings. The van der Waals surface area contributed by atoms with Gasteiger partial charge in [0.25, 0.3) is 0 Å². The molecule has 0 bridgehead atoms. The van der Waals surface area contributed by atoms with Crippen LogP contribution in [0, 0.1) is 12.8 Å². The van der Waals surface area contributed by atoms with Gasteiger partial charge in [-0.15, -0.1) is 0 Å². The van der Waals surface area contributed by atoms with Gasteiger partial charge in [0.2, 0.25) is 0 Å². The summed E-state index contributed by atoms with van der Waals surface area (Å²) in [4.78, 5) is 26.0. The van der Waals surface area contributed by atoms with Crippen molar-refractivity contribution in [2.24, 2.45) is 5.92 Å². The lowest BCUT2D eigenvalue weighted by Gasteiger charge is -2.19. The van der Waals surface area contributed by atoms with E-state index in [0.717, 1.165) is 38.4 Å². The van der Waals surface area contributed by atoms with Gasteiger partial charge in [0.15, 0.2) is 0 Å². The van der Waals surface area contributed by atoms with Crippen LogP contribution in [0.15, 0.2) is 78.9 Å². The molecule has 0 spiro atoms. The Morgan fingerprint density at radius 3 is 2.03 bits per heavy atom. The molecule has 2 atom stereocenters. The Bertz CT molecular complexity index is 1400. The maximum atomic E-state index is 12.7. The number of carbonyl (C=O) groups excluding carboxylic acids is 2. The first kappa shape index (κ1) is 28.0. The second kappa shape index (κ2) is 12.7. The lowest BCUT2D eigenvalue weighted by molar-refractivity contribution is -0.146. The molecule has 3 aromatic carbocycles. The normalized spacial score (nSPS) is 12.6. The summed E-state index contributed by atoms with van der Waals surface area (Å²) in [6.07, 6.45) is -0.893. The highest BCUT2D eigenvalue weighted by atomic mass is 32.1. The van der Waals surface area contributed by atoms with E-state index in [1.807, 2.05) is 113 Å². The molecule has 1 amide bonds. The maximum absolute atomic E-state index is 12.7. The standard InChI is InChI=1S/C32H34N2O4S/c1-6-37-31(35)28(20(2)3)26-16-12-24(13-17-26)25-14-18-27(19-15-25)30-29(21(4)34-39-30)33-32(36)38-22(5)23-10-8-7-9-11-23/h7-20,22,28H,6H2,1-5H3,(H,33,36). The molecular weight excluding hydrogens is 508 g/mol. The van der Waals surface area contributed by atoms with Gasteiger partial charge < -0.3 is 9.47 Å². The second-order valence-corrected chi connectivity index (χ2v) is 10.5. The van der Waals surface area contributed by atoms with Crippen LogP contribution in [-0.2, 0) is 14.3 Å². The Labute approximate surface area is 234 Å². The van der Waals surface area contributed by atoms with Gasteiger partial charge in [0, 0.05) is 0 Å². The molecule has 0 aliphatic rings. The zero-order chi connectivity index (χ0) is 27.9. The van der Waals surface area contributed by atoms with Crippen LogP contribution >= 0.6 is 11.5 Å². The molecule has 6 nitrogen and oxygen atoms in total. The maximum Gasteiger partial charge on any atom is 0.412 e. The summed E-state index contributed by atoms with van der Waals surface area (Å²) < 4.78 is 15.4. The topological polar surface area (TPSA) is 77.5 Å². The molecule has 0 radical (unpaired) electrons. The highest BCUT2D eigenvalue weighted by molar-refractivity contribution is 7.10. The van der Waals surface area contributed by atoms with Crippen molar-refractivity contribution in [1.29, 1.82) is 0 Å². The van der Waals surface area contributed by atoms with Crippen molar-refractivity contribution in [1.82, 2.24) is 4.37 Å². The van der Waals surface area contributed by atoms with Gasteiger partial charge in [-0.25, -0.2) is 4.79 Å². The van der Waals surface area contributed by atoms with Gasteiger partial charge in [-0.05, 0) is 66.0 Å². The van der Waals surface area contributed by atoms with Gasteiger partial charge in [-0.1, -0.05) is 92.7 Å². The number of aryl methyl sites for hydroxylation is 1. The van der Waals surface area contributed by atoms with Crippen LogP contribution in [0.5, 0.6) is 0 Å². The minimum absolute atomic E-state index is 0.138. The van der Waals surface area contributed by atoms with Crippen LogP contribution in [0.25, 0.3) is 21.6 Å². The monoisotopic (exact) mass is 542 g/mol. The highest BCUT2D eigenvalue weighted by Crippen LogP contribution is 2.36. The van der Waals surface area contributed by atoms with Crippen molar-refractivity contribution in [2.45, 2.75) is 46.6 Å². The quantitative estimate of drug-likeness (QED) is 0.215. The van der Waals surface area contributed by atoms with Gasteiger partial charge in [0.1, 0.15) is 6.10 Å². The average molecular weight is 543 g/mol. The number of amides is 1. The third-order valence-electron chi connectivity index (χ3n) is 6.60. The van der Waals surface area contributed by atoms with E-state index in [1.54, 1.807) is 0 Å². The molecule has 202 valence electrons. The molecule has 39 heavy (non-hydrogen) atoms. The second-order valence-electron chi connectivity index (χ2n) is 9.73. The van der Waals surface area contributed by atoms with Crippen molar-refractivity contribution < 1.29 is 19.1 Å². The Kier molecular flexibility index (Phi) is 9.15. The van der Waals surface area contributed by atoms with E-state index in [9.17, 15) is 9.59 Å². The van der Waals surface area contributed by atoms with Crippen LogP contribution in [0.3, 0.4) is 0 Å². The van der Waals surface area contributed by atoms with E-state index in [0.29, 0.717) is 12.3 Å². The summed E-state index contributed by atoms with van der Waals surface area (Å²) >= 11 is 1.34. The molecular formula is C32H34N2O4S. The summed E-state index contributed by atoms with van der Waals surface area (Å²) in [5.41, 5.74) is 6.32. The largest absolute Gasteiger partial charge is 0.466 e. The third kappa shape index (κ3) is 6.73. The lowest BCUT2D eigenvalue weighted by atomic mass is 9.87. The van der Waals surface area contributed by atoms with E-state index in [4.69, 9.17) is 9.47 Å². The summed E-state index contributed by atoms with van der Waals surface area (Å²) in [5, 5.41) is 2.90. The summed E-state index contributed by atoms with van der Waals surface area (Å²) in [6.45, 7) is 9.97. The molecule has 0 saturated carbocycles. The molecule has 0 aliphatic carbocycles. The summed E-state index contributed by atoms with van der Waals surface area (Å²) in [7, 11) is 0. The van der Waals surface area contributed by atoms with E-state index in [2.05, 4.69) is 9.69 Å². The number of nitrogens with zero attached hydrogens (tertiary/aromatic N) is 1. The number of esters is 1. The third-order valence-corrected chi connectivity index (χ3v) is 7.59. The van der Waals surface area contributed by atoms with Crippen LogP contribution < -0.4 is 5.32 Å². The molecule has 1 heterocycles. The van der Waals surface area contributed by atoms with Gasteiger partial charge in [-0.3, -0.25) is 10.1 Å². The number of benzene rings is 3. The van der Waals surface area contributed by atoms with E-state index < -0.39 is 6.09 Å². The minimum Gasteiger partial charge on any atom is -0.466 e. The van der Waals surface area contributed by atoms with Crippen molar-refractivity contribution in [3.63, 3.8) is 0 Å². The number of ether oxygens (including phenoxy) is 2. The first-order chi connectivity index (χ1) is 18.8. The van der Waals surface area contributed by atoms with Crippen LogP contribution in [0.4, 0.5) is 10.5 Å². The van der Waals surface area contributed by atoms with Crippen LogP contribution in [-0.4, -0.2) is 23.0 Å². The summed E-state index contributed by atoms with van der Waals surface area (Å²) in [6, 6.07) is 25.8. The average Bonchev–Trinajstić information content (AvgIpc) is 3.29. The number of anilines is 1. The molecule has 0 fully saturated rings. The molecule has 7 heteroatoms. The number of rotatable bonds is 9. The van der Waals surface area contributed by atoms with E-state index in [1.165, 1.54) is 11.5 Å². The van der Waals surface area contributed by atoms with Crippen molar-refractivity contribution in [2.75, 3.05) is 11.9 Å². The summed E-state index contributed by atoms with van der Waals surface area (Å²) in [5.74, 6) is -0.338. The minimum atomic E-state index is -0.518. The highest BCUT2D eigenvalue weighted by Gasteiger charge is 2.25. The van der Waals surface area contributed by atoms with Gasteiger partial charge in [0.05, 0.1) is 28.8 Å². The first-order valence-electron chi connectivity index (χ1n) is 13.1. The van der Waals surface area contributed by atoms with E-state index in [-0.39, 0.29) is 23.9 Å². The van der Waals surface area contributed by atoms with Gasteiger partial charge >= 0.3 is 12.1 Å². The fraction of sp³-hybridized carbons (Fsp3) is 0.281. The fourth-order valence-electron chi connectivity index (χ4n) is 4.52.